The van der Waals surface area contributed by atoms with Crippen LogP contribution in [-0.2, 0) is 4.79 Å². The Morgan fingerprint density at radius 3 is 2.95 bits per heavy atom. The number of carbonyl (C=O) groups excluding carboxylic acids is 1. The van der Waals surface area contributed by atoms with Gasteiger partial charge < -0.3 is 15.4 Å². The van der Waals surface area contributed by atoms with Crippen molar-refractivity contribution in [1.29, 1.82) is 0 Å². The van der Waals surface area contributed by atoms with Crippen LogP contribution in [0.4, 0.5) is 10.1 Å². The lowest BCUT2D eigenvalue weighted by atomic mass is 9.99. The Labute approximate surface area is 125 Å². The molecule has 0 aliphatic carbocycles. The van der Waals surface area contributed by atoms with Crippen LogP contribution in [0.5, 0.6) is 0 Å². The molecule has 0 saturated heterocycles. The number of anilines is 1. The number of benzene rings is 1. The van der Waals surface area contributed by atoms with Crippen molar-refractivity contribution in [3.05, 3.63) is 46.8 Å². The molecule has 0 spiro atoms. The van der Waals surface area contributed by atoms with Crippen molar-refractivity contribution in [3.8, 4) is 11.8 Å². The second-order valence-electron chi connectivity index (χ2n) is 4.73. The molecule has 1 aliphatic heterocycles. The molecule has 22 heavy (non-hydrogen) atoms. The third-order valence-electron chi connectivity index (χ3n) is 3.36. The van der Waals surface area contributed by atoms with Gasteiger partial charge in [-0.1, -0.05) is 11.8 Å². The number of halogens is 1. The van der Waals surface area contributed by atoms with Gasteiger partial charge >= 0.3 is 0 Å². The number of aromatic amines is 1. The van der Waals surface area contributed by atoms with Gasteiger partial charge in [-0.15, -0.1) is 0 Å². The van der Waals surface area contributed by atoms with Crippen molar-refractivity contribution in [2.45, 2.75) is 6.92 Å². The molecule has 2 aromatic rings. The number of rotatable bonds is 1. The highest BCUT2D eigenvalue weighted by Crippen LogP contribution is 2.36. The average molecular weight is 297 g/mol. The largest absolute Gasteiger partial charge is 0.384 e. The van der Waals surface area contributed by atoms with E-state index in [1.54, 1.807) is 6.08 Å². The van der Waals surface area contributed by atoms with Crippen molar-refractivity contribution >= 4 is 23.2 Å². The Balaban J connectivity index is 2.22. The van der Waals surface area contributed by atoms with E-state index >= 15 is 0 Å². The summed E-state index contributed by atoms with van der Waals surface area (Å²) in [6.07, 6.45) is 3.12. The normalized spacial score (nSPS) is 14.5. The molecule has 1 amide bonds. The summed E-state index contributed by atoms with van der Waals surface area (Å²) in [4.78, 5) is 19.2. The molecule has 6 heteroatoms. The van der Waals surface area contributed by atoms with Gasteiger partial charge in [0, 0.05) is 11.3 Å². The van der Waals surface area contributed by atoms with E-state index in [1.807, 2.05) is 6.92 Å². The topological polar surface area (TPSA) is 78.0 Å². The first-order chi connectivity index (χ1) is 10.6. The van der Waals surface area contributed by atoms with Gasteiger partial charge in [0.15, 0.2) is 0 Å². The van der Waals surface area contributed by atoms with Gasteiger partial charge in [0.2, 0.25) is 0 Å². The van der Waals surface area contributed by atoms with E-state index < -0.39 is 5.82 Å². The summed E-state index contributed by atoms with van der Waals surface area (Å²) in [6, 6.07) is 2.73. The summed E-state index contributed by atoms with van der Waals surface area (Å²) < 4.78 is 14.1. The standard InChI is InChI=1S/C16H12FN3O2/c1-9-14(19-8-18-9)7-11-15-10(3-2-6-21)12(17)4-5-13(15)20-16(11)22/h4-5,7-8,21H,6H2,1H3,(H,18,19)(H,20,22). The number of carbonyl (C=O) groups is 1. The first-order valence-electron chi connectivity index (χ1n) is 6.57. The fraction of sp³-hybridized carbons (Fsp3) is 0.125. The summed E-state index contributed by atoms with van der Waals surface area (Å²) >= 11 is 0. The third-order valence-corrected chi connectivity index (χ3v) is 3.36. The molecule has 1 aliphatic rings. The second-order valence-corrected chi connectivity index (χ2v) is 4.73. The highest BCUT2D eigenvalue weighted by atomic mass is 19.1. The fourth-order valence-corrected chi connectivity index (χ4v) is 2.30. The van der Waals surface area contributed by atoms with E-state index in [-0.39, 0.29) is 18.1 Å². The highest BCUT2D eigenvalue weighted by molar-refractivity contribution is 6.35. The molecule has 5 nitrogen and oxygen atoms in total. The molecule has 0 atom stereocenters. The maximum Gasteiger partial charge on any atom is 0.256 e. The molecule has 0 bridgehead atoms. The van der Waals surface area contributed by atoms with Gasteiger partial charge in [-0.25, -0.2) is 9.37 Å². The third kappa shape index (κ3) is 2.28. The monoisotopic (exact) mass is 297 g/mol. The number of aliphatic hydroxyl groups excluding tert-OH is 1. The molecule has 0 unspecified atom stereocenters. The lowest BCUT2D eigenvalue weighted by Crippen LogP contribution is -2.03. The number of nitrogens with zero attached hydrogens (tertiary/aromatic N) is 1. The van der Waals surface area contributed by atoms with Gasteiger partial charge in [0.25, 0.3) is 5.91 Å². The Kier molecular flexibility index (Phi) is 3.49. The molecule has 0 fully saturated rings. The summed E-state index contributed by atoms with van der Waals surface area (Å²) in [5.41, 5.74) is 2.68. The lowest BCUT2D eigenvalue weighted by Gasteiger charge is -2.04. The van der Waals surface area contributed by atoms with Gasteiger partial charge in [-0.05, 0) is 25.1 Å². The Hall–Kier alpha value is -2.91. The first-order valence-corrected chi connectivity index (χ1v) is 6.57. The van der Waals surface area contributed by atoms with Gasteiger partial charge in [-0.3, -0.25) is 4.79 Å². The molecular formula is C16H12FN3O2. The highest BCUT2D eigenvalue weighted by Gasteiger charge is 2.28. The van der Waals surface area contributed by atoms with Crippen LogP contribution >= 0.6 is 0 Å². The quantitative estimate of drug-likeness (QED) is 0.554. The predicted octanol–water partition coefficient (Wildman–Crippen LogP) is 1.69. The van der Waals surface area contributed by atoms with E-state index in [1.165, 1.54) is 18.5 Å². The fourth-order valence-electron chi connectivity index (χ4n) is 2.30. The van der Waals surface area contributed by atoms with Crippen LogP contribution < -0.4 is 5.32 Å². The van der Waals surface area contributed by atoms with Crippen LogP contribution in [0.25, 0.3) is 11.6 Å². The van der Waals surface area contributed by atoms with E-state index in [0.29, 0.717) is 22.5 Å². The van der Waals surface area contributed by atoms with Gasteiger partial charge in [-0.2, -0.15) is 0 Å². The summed E-state index contributed by atoms with van der Waals surface area (Å²) in [5.74, 6) is 4.11. The van der Waals surface area contributed by atoms with Crippen LogP contribution in [0.3, 0.4) is 0 Å². The van der Waals surface area contributed by atoms with Crippen LogP contribution in [0, 0.1) is 24.6 Å². The van der Waals surface area contributed by atoms with Crippen molar-refractivity contribution in [3.63, 3.8) is 0 Å². The number of nitrogens with one attached hydrogen (secondary N) is 2. The zero-order valence-corrected chi connectivity index (χ0v) is 11.7. The maximum absolute atomic E-state index is 14.1. The van der Waals surface area contributed by atoms with Crippen LogP contribution in [0.2, 0.25) is 0 Å². The number of aliphatic hydroxyl groups is 1. The minimum atomic E-state index is -0.541. The van der Waals surface area contributed by atoms with E-state index in [4.69, 9.17) is 5.11 Å². The molecular weight excluding hydrogens is 285 g/mol. The van der Waals surface area contributed by atoms with Crippen molar-refractivity contribution in [2.24, 2.45) is 0 Å². The summed E-state index contributed by atoms with van der Waals surface area (Å²) in [5, 5.41) is 11.5. The minimum absolute atomic E-state index is 0.0874. The zero-order valence-electron chi connectivity index (χ0n) is 11.7. The number of hydrogen-bond donors (Lipinski definition) is 3. The zero-order chi connectivity index (χ0) is 15.7. The molecule has 1 aromatic carbocycles. The Bertz CT molecular complexity index is 856. The molecule has 0 saturated carbocycles. The second kappa shape index (κ2) is 5.47. The smallest absolute Gasteiger partial charge is 0.256 e. The number of aryl methyl sites for hydroxylation is 1. The van der Waals surface area contributed by atoms with Crippen LogP contribution in [0.1, 0.15) is 22.5 Å². The summed E-state index contributed by atoms with van der Waals surface area (Å²) in [7, 11) is 0. The number of fused-ring (bicyclic) bond motifs is 1. The Morgan fingerprint density at radius 2 is 2.27 bits per heavy atom. The van der Waals surface area contributed by atoms with E-state index in [0.717, 1.165) is 5.69 Å². The number of amides is 1. The van der Waals surface area contributed by atoms with Crippen molar-refractivity contribution < 1.29 is 14.3 Å². The van der Waals surface area contributed by atoms with Crippen molar-refractivity contribution in [1.82, 2.24) is 9.97 Å². The number of imidazole rings is 1. The predicted molar refractivity (Wildman–Crippen MR) is 80.2 cm³/mol. The molecule has 3 rings (SSSR count). The maximum atomic E-state index is 14.1. The van der Waals surface area contributed by atoms with E-state index in [9.17, 15) is 9.18 Å². The van der Waals surface area contributed by atoms with Gasteiger partial charge in [0.1, 0.15) is 12.4 Å². The number of aromatic nitrogens is 2. The Morgan fingerprint density at radius 1 is 1.45 bits per heavy atom. The van der Waals surface area contributed by atoms with Gasteiger partial charge in [0.05, 0.1) is 28.8 Å². The average Bonchev–Trinajstić information content (AvgIpc) is 3.03. The molecule has 110 valence electrons. The lowest BCUT2D eigenvalue weighted by molar-refractivity contribution is -0.110. The number of hydrogen-bond acceptors (Lipinski definition) is 3. The minimum Gasteiger partial charge on any atom is -0.384 e. The number of H-pyrrole nitrogens is 1. The SMILES string of the molecule is Cc1[nH]cnc1C=C1C(=O)Nc2ccc(F)c(C#CCO)c21. The molecule has 1 aromatic heterocycles. The van der Waals surface area contributed by atoms with E-state index in [2.05, 4.69) is 27.1 Å². The van der Waals surface area contributed by atoms with Crippen molar-refractivity contribution in [2.75, 3.05) is 11.9 Å². The molecule has 2 heterocycles. The molecule has 3 N–H and O–H groups in total. The first kappa shape index (κ1) is 14.0. The summed E-state index contributed by atoms with van der Waals surface area (Å²) in [6.45, 7) is 1.44. The van der Waals surface area contributed by atoms with Crippen LogP contribution in [0.15, 0.2) is 18.5 Å². The van der Waals surface area contributed by atoms with Crippen LogP contribution in [-0.4, -0.2) is 27.6 Å². The molecule has 0 radical (unpaired) electrons.